The van der Waals surface area contributed by atoms with E-state index in [1.165, 1.54) is 6.07 Å². The molecule has 0 fully saturated rings. The zero-order valence-electron chi connectivity index (χ0n) is 16.8. The van der Waals surface area contributed by atoms with Crippen LogP contribution in [0.5, 0.6) is 11.6 Å². The summed E-state index contributed by atoms with van der Waals surface area (Å²) in [5.74, 6) is -1.50. The molecule has 3 rings (SSSR count). The van der Waals surface area contributed by atoms with E-state index >= 15 is 0 Å². The third-order valence-electron chi connectivity index (χ3n) is 4.47. The fraction of sp³-hybridized carbons (Fsp3) is 0.273. The molecule has 0 bridgehead atoms. The Morgan fingerprint density at radius 3 is 2.63 bits per heavy atom. The molecule has 0 saturated carbocycles. The fourth-order valence-corrected chi connectivity index (χ4v) is 2.96. The first-order valence-electron chi connectivity index (χ1n) is 9.52. The number of nitrogens with zero attached hydrogens (tertiary/aromatic N) is 2. The van der Waals surface area contributed by atoms with E-state index < -0.39 is 11.6 Å². The van der Waals surface area contributed by atoms with Crippen LogP contribution < -0.4 is 10.1 Å². The highest BCUT2D eigenvalue weighted by Gasteiger charge is 2.21. The summed E-state index contributed by atoms with van der Waals surface area (Å²) in [6.07, 6.45) is 0.545. The number of rotatable bonds is 9. The summed E-state index contributed by atoms with van der Waals surface area (Å²) >= 11 is 0. The van der Waals surface area contributed by atoms with Crippen molar-refractivity contribution in [1.82, 2.24) is 15.1 Å². The van der Waals surface area contributed by atoms with Gasteiger partial charge in [0.25, 0.3) is 0 Å². The molecular formula is C22H23F2N3O3. The van der Waals surface area contributed by atoms with Gasteiger partial charge < -0.3 is 14.8 Å². The van der Waals surface area contributed by atoms with Crippen molar-refractivity contribution in [1.29, 1.82) is 0 Å². The Kier molecular flexibility index (Phi) is 7.13. The average Bonchev–Trinajstić information content (AvgIpc) is 3.04. The van der Waals surface area contributed by atoms with Gasteiger partial charge in [0, 0.05) is 31.7 Å². The highest BCUT2D eigenvalue weighted by molar-refractivity contribution is 5.76. The number of halogens is 2. The molecular weight excluding hydrogens is 392 g/mol. The van der Waals surface area contributed by atoms with Gasteiger partial charge in [-0.3, -0.25) is 4.79 Å². The second-order valence-corrected chi connectivity index (χ2v) is 6.64. The van der Waals surface area contributed by atoms with Crippen LogP contribution in [0, 0.1) is 18.6 Å². The van der Waals surface area contributed by atoms with Crippen molar-refractivity contribution < 1.29 is 23.0 Å². The smallest absolute Gasteiger partial charge is 0.226 e. The Balaban J connectivity index is 1.91. The van der Waals surface area contributed by atoms with Crippen LogP contribution in [0.15, 0.2) is 48.5 Å². The van der Waals surface area contributed by atoms with Gasteiger partial charge in [0.1, 0.15) is 5.82 Å². The number of aromatic nitrogens is 2. The van der Waals surface area contributed by atoms with Gasteiger partial charge >= 0.3 is 0 Å². The molecule has 0 atom stereocenters. The van der Waals surface area contributed by atoms with Crippen LogP contribution in [-0.2, 0) is 16.0 Å². The maximum absolute atomic E-state index is 14.2. The number of ether oxygens (including phenoxy) is 2. The number of para-hydroxylation sites is 1. The maximum atomic E-state index is 14.2. The minimum atomic E-state index is -0.822. The quantitative estimate of drug-likeness (QED) is 0.538. The van der Waals surface area contributed by atoms with E-state index in [2.05, 4.69) is 10.4 Å². The second-order valence-electron chi connectivity index (χ2n) is 6.64. The van der Waals surface area contributed by atoms with Gasteiger partial charge in [-0.25, -0.2) is 13.5 Å². The molecule has 0 aliphatic rings. The first-order valence-corrected chi connectivity index (χ1v) is 9.52. The lowest BCUT2D eigenvalue weighted by atomic mass is 10.1. The van der Waals surface area contributed by atoms with Crippen molar-refractivity contribution in [3.05, 3.63) is 71.4 Å². The van der Waals surface area contributed by atoms with Gasteiger partial charge in [-0.2, -0.15) is 5.10 Å². The molecule has 0 spiro atoms. The standard InChI is InChI=1S/C22H23F2N3O3/c1-15-18(9-11-21(28)25-12-13-29-2)22(27(26-15)17-6-4-3-5-7-17)30-20-10-8-16(23)14-19(20)24/h3-8,10,14H,9,11-13H2,1-2H3,(H,25,28). The number of methoxy groups -OCH3 is 1. The lowest BCUT2D eigenvalue weighted by Gasteiger charge is -2.12. The predicted octanol–water partition coefficient (Wildman–Crippen LogP) is 3.95. The molecule has 158 valence electrons. The second kappa shape index (κ2) is 9.98. The summed E-state index contributed by atoms with van der Waals surface area (Å²) in [5.41, 5.74) is 2.04. The van der Waals surface area contributed by atoms with Crippen molar-refractivity contribution in [2.75, 3.05) is 20.3 Å². The predicted molar refractivity (Wildman–Crippen MR) is 108 cm³/mol. The molecule has 1 amide bonds. The summed E-state index contributed by atoms with van der Waals surface area (Å²) in [6.45, 7) is 2.64. The van der Waals surface area contributed by atoms with Gasteiger partial charge in [0.15, 0.2) is 11.6 Å². The van der Waals surface area contributed by atoms with Crippen LogP contribution in [0.25, 0.3) is 5.69 Å². The van der Waals surface area contributed by atoms with Gasteiger partial charge in [0.05, 0.1) is 18.0 Å². The van der Waals surface area contributed by atoms with E-state index in [0.29, 0.717) is 36.5 Å². The molecule has 0 unspecified atom stereocenters. The largest absolute Gasteiger partial charge is 0.436 e. The van der Waals surface area contributed by atoms with Crippen LogP contribution >= 0.6 is 0 Å². The van der Waals surface area contributed by atoms with E-state index in [9.17, 15) is 13.6 Å². The number of aryl methyl sites for hydroxylation is 1. The molecule has 30 heavy (non-hydrogen) atoms. The maximum Gasteiger partial charge on any atom is 0.226 e. The molecule has 1 aromatic heterocycles. The van der Waals surface area contributed by atoms with E-state index in [1.807, 2.05) is 30.3 Å². The van der Waals surface area contributed by atoms with Gasteiger partial charge in [-0.15, -0.1) is 0 Å². The third kappa shape index (κ3) is 5.21. The van der Waals surface area contributed by atoms with Crippen LogP contribution in [0.2, 0.25) is 0 Å². The Hall–Kier alpha value is -3.26. The van der Waals surface area contributed by atoms with Crippen molar-refractivity contribution in [3.63, 3.8) is 0 Å². The molecule has 0 saturated heterocycles. The number of amides is 1. The zero-order chi connectivity index (χ0) is 21.5. The molecule has 0 aliphatic heterocycles. The average molecular weight is 415 g/mol. The molecule has 1 heterocycles. The summed E-state index contributed by atoms with van der Waals surface area (Å²) in [6, 6.07) is 12.3. The topological polar surface area (TPSA) is 65.4 Å². The van der Waals surface area contributed by atoms with Gasteiger partial charge in [-0.1, -0.05) is 18.2 Å². The lowest BCUT2D eigenvalue weighted by molar-refractivity contribution is -0.121. The van der Waals surface area contributed by atoms with Crippen molar-refractivity contribution in [2.24, 2.45) is 0 Å². The first-order chi connectivity index (χ1) is 14.5. The number of hydrogen-bond acceptors (Lipinski definition) is 4. The Morgan fingerprint density at radius 2 is 1.93 bits per heavy atom. The molecule has 1 N–H and O–H groups in total. The normalized spacial score (nSPS) is 10.8. The molecule has 0 radical (unpaired) electrons. The first kappa shape index (κ1) is 21.4. The monoisotopic (exact) mass is 415 g/mol. The van der Waals surface area contributed by atoms with Crippen molar-refractivity contribution in [2.45, 2.75) is 19.8 Å². The van der Waals surface area contributed by atoms with E-state index in [0.717, 1.165) is 12.1 Å². The zero-order valence-corrected chi connectivity index (χ0v) is 16.8. The summed E-state index contributed by atoms with van der Waals surface area (Å²) in [7, 11) is 1.56. The number of hydrogen-bond donors (Lipinski definition) is 1. The van der Waals surface area contributed by atoms with E-state index in [4.69, 9.17) is 9.47 Å². The van der Waals surface area contributed by atoms with E-state index in [-0.39, 0.29) is 24.0 Å². The van der Waals surface area contributed by atoms with E-state index in [1.54, 1.807) is 18.7 Å². The Labute approximate surface area is 173 Å². The van der Waals surface area contributed by atoms with Gasteiger partial charge in [0.2, 0.25) is 11.8 Å². The highest BCUT2D eigenvalue weighted by Crippen LogP contribution is 2.32. The van der Waals surface area contributed by atoms with Crippen LogP contribution in [-0.4, -0.2) is 35.9 Å². The minimum absolute atomic E-state index is 0.126. The molecule has 3 aromatic rings. The number of nitrogens with one attached hydrogen (secondary N) is 1. The molecule has 0 aliphatic carbocycles. The lowest BCUT2D eigenvalue weighted by Crippen LogP contribution is -2.27. The summed E-state index contributed by atoms with van der Waals surface area (Å²) in [5, 5.41) is 7.28. The van der Waals surface area contributed by atoms with Gasteiger partial charge in [-0.05, 0) is 37.6 Å². The van der Waals surface area contributed by atoms with Crippen LogP contribution in [0.3, 0.4) is 0 Å². The molecule has 6 nitrogen and oxygen atoms in total. The number of benzene rings is 2. The number of carbonyl (C=O) groups is 1. The summed E-state index contributed by atoms with van der Waals surface area (Å²) in [4.78, 5) is 12.1. The SMILES string of the molecule is COCCNC(=O)CCc1c(C)nn(-c2ccccc2)c1Oc1ccc(F)cc1F. The number of carbonyl (C=O) groups excluding carboxylic acids is 1. The van der Waals surface area contributed by atoms with Crippen molar-refractivity contribution >= 4 is 5.91 Å². The fourth-order valence-electron chi connectivity index (χ4n) is 2.96. The molecule has 8 heteroatoms. The Morgan fingerprint density at radius 1 is 1.17 bits per heavy atom. The van der Waals surface area contributed by atoms with Crippen LogP contribution in [0.4, 0.5) is 8.78 Å². The molecule has 2 aromatic carbocycles. The minimum Gasteiger partial charge on any atom is -0.436 e. The van der Waals surface area contributed by atoms with Crippen molar-refractivity contribution in [3.8, 4) is 17.3 Å². The summed E-state index contributed by atoms with van der Waals surface area (Å²) < 4.78 is 39.8. The Bertz CT molecular complexity index is 1010. The van der Waals surface area contributed by atoms with Crippen LogP contribution in [0.1, 0.15) is 17.7 Å². The highest BCUT2D eigenvalue weighted by atomic mass is 19.1. The third-order valence-corrected chi connectivity index (χ3v) is 4.47.